The number of β-lactam (4-membered cyclic amide) rings is 1. The van der Waals surface area contributed by atoms with Crippen LogP contribution in [0.1, 0.15) is 5.69 Å². The normalized spacial score (nSPS) is 20.0. The SMILES string of the molecule is O=CNc1nc(C(=NOCCOC=O)C(=O)NC2C(=O)N3C=C(C(=O)O)CS[C@H]23)cs1. The van der Waals surface area contributed by atoms with Crippen molar-refractivity contribution in [2.75, 3.05) is 24.3 Å². The lowest BCUT2D eigenvalue weighted by molar-refractivity contribution is -0.144. The molecule has 2 atom stereocenters. The highest BCUT2D eigenvalue weighted by Gasteiger charge is 2.50. The van der Waals surface area contributed by atoms with Crippen molar-refractivity contribution in [1.29, 1.82) is 0 Å². The van der Waals surface area contributed by atoms with Gasteiger partial charge in [-0.2, -0.15) is 0 Å². The molecular formula is C16H15N5O8S2. The monoisotopic (exact) mass is 469 g/mol. The van der Waals surface area contributed by atoms with Gasteiger partial charge in [0, 0.05) is 17.3 Å². The third-order valence-electron chi connectivity index (χ3n) is 4.01. The van der Waals surface area contributed by atoms with Crippen molar-refractivity contribution < 1.29 is 38.7 Å². The number of fused-ring (bicyclic) bond motifs is 1. The number of nitrogens with one attached hydrogen (secondary N) is 2. The van der Waals surface area contributed by atoms with Gasteiger partial charge in [0.25, 0.3) is 18.3 Å². The minimum absolute atomic E-state index is 0.0882. The second-order valence-electron chi connectivity index (χ2n) is 5.90. The fraction of sp³-hybridized carbons (Fsp3) is 0.312. The van der Waals surface area contributed by atoms with Gasteiger partial charge in [0.15, 0.2) is 17.5 Å². The number of rotatable bonds is 11. The first kappa shape index (κ1) is 22.2. The average Bonchev–Trinajstić information content (AvgIpc) is 3.22. The quantitative estimate of drug-likeness (QED) is 0.119. The van der Waals surface area contributed by atoms with Crippen LogP contribution in [0.15, 0.2) is 22.3 Å². The zero-order valence-electron chi connectivity index (χ0n) is 15.5. The van der Waals surface area contributed by atoms with Crippen LogP contribution in [0.5, 0.6) is 0 Å². The molecule has 0 aromatic carbocycles. The van der Waals surface area contributed by atoms with E-state index in [-0.39, 0.29) is 47.5 Å². The molecule has 2 aliphatic heterocycles. The second-order valence-corrected chi connectivity index (χ2v) is 7.86. The van der Waals surface area contributed by atoms with E-state index in [9.17, 15) is 24.0 Å². The summed E-state index contributed by atoms with van der Waals surface area (Å²) in [5.41, 5.74) is -0.0727. The number of carboxylic acids is 1. The topological polar surface area (TPSA) is 177 Å². The Kier molecular flexibility index (Phi) is 7.19. The van der Waals surface area contributed by atoms with Crippen LogP contribution in [0.3, 0.4) is 0 Å². The minimum Gasteiger partial charge on any atom is -0.478 e. The molecule has 1 aromatic heterocycles. The fourth-order valence-electron chi connectivity index (χ4n) is 2.59. The van der Waals surface area contributed by atoms with E-state index in [0.717, 1.165) is 11.3 Å². The molecule has 0 radical (unpaired) electrons. The molecule has 3 N–H and O–H groups in total. The number of thioether (sulfide) groups is 1. The van der Waals surface area contributed by atoms with Gasteiger partial charge in [-0.05, 0) is 0 Å². The van der Waals surface area contributed by atoms with Crippen molar-refractivity contribution in [2.24, 2.45) is 5.16 Å². The minimum atomic E-state index is -1.11. The third kappa shape index (κ3) is 5.00. The van der Waals surface area contributed by atoms with Crippen molar-refractivity contribution in [1.82, 2.24) is 15.2 Å². The van der Waals surface area contributed by atoms with Crippen LogP contribution >= 0.6 is 23.1 Å². The number of carboxylic acid groups (broad SMARTS) is 1. The van der Waals surface area contributed by atoms with Crippen LogP contribution in [0.2, 0.25) is 0 Å². The number of thiazole rings is 1. The second kappa shape index (κ2) is 10.0. The van der Waals surface area contributed by atoms with E-state index in [0.29, 0.717) is 6.41 Å². The number of oxime groups is 1. The van der Waals surface area contributed by atoms with Crippen LogP contribution in [0.4, 0.5) is 5.13 Å². The molecule has 1 saturated heterocycles. The highest BCUT2D eigenvalue weighted by Crippen LogP contribution is 2.36. The Hall–Kier alpha value is -3.46. The summed E-state index contributed by atoms with van der Waals surface area (Å²) in [6.07, 6.45) is 1.69. The van der Waals surface area contributed by atoms with E-state index in [2.05, 4.69) is 25.5 Å². The summed E-state index contributed by atoms with van der Waals surface area (Å²) >= 11 is 2.25. The number of ether oxygens (including phenoxy) is 1. The maximum absolute atomic E-state index is 12.8. The van der Waals surface area contributed by atoms with E-state index in [1.165, 1.54) is 28.2 Å². The van der Waals surface area contributed by atoms with Gasteiger partial charge >= 0.3 is 5.97 Å². The highest BCUT2D eigenvalue weighted by atomic mass is 32.2. The number of nitrogens with zero attached hydrogens (tertiary/aromatic N) is 3. The number of carbonyl (C=O) groups excluding carboxylic acids is 4. The van der Waals surface area contributed by atoms with Gasteiger partial charge in [0.2, 0.25) is 6.41 Å². The molecule has 0 aliphatic carbocycles. The molecule has 2 aliphatic rings. The molecule has 3 rings (SSSR count). The van der Waals surface area contributed by atoms with Crippen molar-refractivity contribution in [3.8, 4) is 0 Å². The smallest absolute Gasteiger partial charge is 0.333 e. The number of amides is 3. The van der Waals surface area contributed by atoms with Crippen molar-refractivity contribution in [2.45, 2.75) is 11.4 Å². The Morgan fingerprint density at radius 2 is 2.19 bits per heavy atom. The van der Waals surface area contributed by atoms with E-state index in [1.807, 2.05) is 0 Å². The fourth-order valence-corrected chi connectivity index (χ4v) is 4.49. The van der Waals surface area contributed by atoms with Crippen molar-refractivity contribution in [3.63, 3.8) is 0 Å². The molecule has 0 spiro atoms. The maximum Gasteiger partial charge on any atom is 0.333 e. The van der Waals surface area contributed by atoms with Gasteiger partial charge < -0.3 is 30.2 Å². The van der Waals surface area contributed by atoms with E-state index in [1.54, 1.807) is 0 Å². The summed E-state index contributed by atoms with van der Waals surface area (Å²) < 4.78 is 4.47. The summed E-state index contributed by atoms with van der Waals surface area (Å²) in [5, 5.41) is 18.9. The summed E-state index contributed by atoms with van der Waals surface area (Å²) in [5.74, 6) is -2.15. The van der Waals surface area contributed by atoms with E-state index < -0.39 is 29.2 Å². The number of hydrogen-bond donors (Lipinski definition) is 3. The molecule has 1 unspecified atom stereocenters. The van der Waals surface area contributed by atoms with E-state index >= 15 is 0 Å². The first-order chi connectivity index (χ1) is 15.0. The van der Waals surface area contributed by atoms with Gasteiger partial charge in [-0.15, -0.1) is 23.1 Å². The van der Waals surface area contributed by atoms with Crippen molar-refractivity contribution >= 4 is 64.6 Å². The molecule has 13 nitrogen and oxygen atoms in total. The Balaban J connectivity index is 1.72. The molecule has 3 heterocycles. The third-order valence-corrected chi connectivity index (χ3v) is 6.10. The molecule has 31 heavy (non-hydrogen) atoms. The average molecular weight is 469 g/mol. The maximum atomic E-state index is 12.8. The lowest BCUT2D eigenvalue weighted by Gasteiger charge is -2.46. The van der Waals surface area contributed by atoms with Gasteiger partial charge in [0.05, 0.1) is 5.57 Å². The lowest BCUT2D eigenvalue weighted by atomic mass is 10.1. The summed E-state index contributed by atoms with van der Waals surface area (Å²) in [7, 11) is 0. The van der Waals surface area contributed by atoms with Gasteiger partial charge in [-0.1, -0.05) is 5.16 Å². The Morgan fingerprint density at radius 1 is 1.39 bits per heavy atom. The molecule has 0 saturated carbocycles. The molecule has 1 fully saturated rings. The first-order valence-corrected chi connectivity index (χ1v) is 10.5. The molecule has 0 bridgehead atoms. The van der Waals surface area contributed by atoms with Crippen LogP contribution < -0.4 is 10.6 Å². The molecule has 164 valence electrons. The number of anilines is 1. The predicted molar refractivity (Wildman–Crippen MR) is 107 cm³/mol. The van der Waals surface area contributed by atoms with Gasteiger partial charge in [-0.25, -0.2) is 9.78 Å². The number of carbonyl (C=O) groups is 5. The Labute approximate surface area is 182 Å². The van der Waals surface area contributed by atoms with Crippen LogP contribution in [0.25, 0.3) is 0 Å². The Morgan fingerprint density at radius 3 is 2.90 bits per heavy atom. The van der Waals surface area contributed by atoms with Crippen LogP contribution in [-0.4, -0.2) is 81.8 Å². The predicted octanol–water partition coefficient (Wildman–Crippen LogP) is -1.03. The standard InChI is InChI=1S/C16H15N5O8S2/c22-6-17-16-18-9(5-31-16)10(20-29-2-1-28-7-23)12(24)19-11-13(25)21-3-8(15(26)27)4-30-14(11)21/h3,5-7,11,14H,1-2,4H2,(H,19,24)(H,26,27)(H,17,18,22)/t11?,14-/m1/s1. The number of aromatic nitrogens is 1. The zero-order valence-corrected chi connectivity index (χ0v) is 17.2. The molecule has 1 aromatic rings. The number of aliphatic carboxylic acids is 1. The molecule has 3 amide bonds. The Bertz CT molecular complexity index is 962. The van der Waals surface area contributed by atoms with Crippen LogP contribution in [0, 0.1) is 0 Å². The summed E-state index contributed by atoms with van der Waals surface area (Å²) in [6, 6.07) is -0.890. The van der Waals surface area contributed by atoms with E-state index in [4.69, 9.17) is 9.94 Å². The zero-order chi connectivity index (χ0) is 22.4. The highest BCUT2D eigenvalue weighted by molar-refractivity contribution is 8.00. The largest absolute Gasteiger partial charge is 0.478 e. The van der Waals surface area contributed by atoms with Gasteiger partial charge in [0.1, 0.15) is 23.7 Å². The lowest BCUT2D eigenvalue weighted by Crippen LogP contribution is -2.69. The summed E-state index contributed by atoms with van der Waals surface area (Å²) in [4.78, 5) is 67.3. The number of hydrogen-bond acceptors (Lipinski definition) is 11. The molecule has 15 heteroatoms. The summed E-state index contributed by atoms with van der Waals surface area (Å²) in [6.45, 7) is 0.0128. The van der Waals surface area contributed by atoms with Crippen LogP contribution in [-0.2, 0) is 33.5 Å². The van der Waals surface area contributed by atoms with Gasteiger partial charge in [-0.3, -0.25) is 19.2 Å². The van der Waals surface area contributed by atoms with Crippen molar-refractivity contribution in [3.05, 3.63) is 22.8 Å². The first-order valence-electron chi connectivity index (χ1n) is 8.56. The molecular weight excluding hydrogens is 454 g/mol.